The lowest BCUT2D eigenvalue weighted by atomic mass is 9.95. The lowest BCUT2D eigenvalue weighted by molar-refractivity contribution is 0.0496. The SMILES string of the molecule is COC1CN(c2nnccc2C(=N)N)CCC1C. The van der Waals surface area contributed by atoms with Crippen LogP contribution in [0.1, 0.15) is 18.9 Å². The maximum atomic E-state index is 7.58. The second-order valence-electron chi connectivity index (χ2n) is 4.67. The highest BCUT2D eigenvalue weighted by Gasteiger charge is 2.28. The first-order valence-electron chi connectivity index (χ1n) is 6.07. The first-order chi connectivity index (χ1) is 8.63. The molecule has 1 aliphatic rings. The van der Waals surface area contributed by atoms with Gasteiger partial charge in [0.15, 0.2) is 5.82 Å². The van der Waals surface area contributed by atoms with Crippen LogP contribution < -0.4 is 10.6 Å². The molecule has 6 heteroatoms. The number of hydrogen-bond acceptors (Lipinski definition) is 5. The predicted molar refractivity (Wildman–Crippen MR) is 69.8 cm³/mol. The van der Waals surface area contributed by atoms with Crippen LogP contribution in [0.4, 0.5) is 5.82 Å². The van der Waals surface area contributed by atoms with E-state index in [0.29, 0.717) is 17.3 Å². The Hall–Kier alpha value is -1.69. The van der Waals surface area contributed by atoms with Crippen molar-refractivity contribution in [3.8, 4) is 0 Å². The van der Waals surface area contributed by atoms with Gasteiger partial charge in [-0.05, 0) is 18.4 Å². The van der Waals surface area contributed by atoms with Gasteiger partial charge in [0, 0.05) is 20.2 Å². The number of ether oxygens (including phenoxy) is 1. The predicted octanol–water partition coefficient (Wildman–Crippen LogP) is 0.622. The molecule has 0 amide bonds. The Morgan fingerprint density at radius 3 is 3.06 bits per heavy atom. The van der Waals surface area contributed by atoms with E-state index in [1.807, 2.05) is 0 Å². The Bertz CT molecular complexity index is 436. The molecule has 2 heterocycles. The fraction of sp³-hybridized carbons (Fsp3) is 0.583. The van der Waals surface area contributed by atoms with Gasteiger partial charge in [-0.15, -0.1) is 5.10 Å². The number of nitrogens with one attached hydrogen (secondary N) is 1. The highest BCUT2D eigenvalue weighted by atomic mass is 16.5. The number of piperidine rings is 1. The fourth-order valence-corrected chi connectivity index (χ4v) is 2.30. The molecule has 0 aliphatic carbocycles. The molecule has 18 heavy (non-hydrogen) atoms. The van der Waals surface area contributed by atoms with Gasteiger partial charge in [-0.2, -0.15) is 5.10 Å². The minimum atomic E-state index is 0.0208. The largest absolute Gasteiger partial charge is 0.384 e. The highest BCUT2D eigenvalue weighted by molar-refractivity contribution is 5.99. The van der Waals surface area contributed by atoms with Crippen molar-refractivity contribution in [2.75, 3.05) is 25.1 Å². The van der Waals surface area contributed by atoms with Gasteiger partial charge in [-0.3, -0.25) is 5.41 Å². The second-order valence-corrected chi connectivity index (χ2v) is 4.67. The fourth-order valence-electron chi connectivity index (χ4n) is 2.30. The molecule has 1 saturated heterocycles. The average molecular weight is 249 g/mol. The van der Waals surface area contributed by atoms with E-state index in [-0.39, 0.29) is 11.9 Å². The number of anilines is 1. The molecule has 0 spiro atoms. The van der Waals surface area contributed by atoms with Crippen molar-refractivity contribution >= 4 is 11.7 Å². The lowest BCUT2D eigenvalue weighted by Gasteiger charge is -2.37. The van der Waals surface area contributed by atoms with Gasteiger partial charge in [-0.25, -0.2) is 0 Å². The zero-order valence-electron chi connectivity index (χ0n) is 10.8. The van der Waals surface area contributed by atoms with E-state index >= 15 is 0 Å². The van der Waals surface area contributed by atoms with Crippen molar-refractivity contribution in [1.82, 2.24) is 10.2 Å². The van der Waals surface area contributed by atoms with E-state index < -0.39 is 0 Å². The highest BCUT2D eigenvalue weighted by Crippen LogP contribution is 2.25. The number of aromatic nitrogens is 2. The van der Waals surface area contributed by atoms with Gasteiger partial charge in [0.05, 0.1) is 17.9 Å². The topological polar surface area (TPSA) is 88.1 Å². The van der Waals surface area contributed by atoms with Crippen LogP contribution in [0.25, 0.3) is 0 Å². The summed E-state index contributed by atoms with van der Waals surface area (Å²) in [5.41, 5.74) is 6.21. The Labute approximate surface area is 107 Å². The van der Waals surface area contributed by atoms with Gasteiger partial charge in [0.2, 0.25) is 0 Å². The van der Waals surface area contributed by atoms with Crippen molar-refractivity contribution in [3.63, 3.8) is 0 Å². The van der Waals surface area contributed by atoms with Crippen molar-refractivity contribution in [1.29, 1.82) is 5.41 Å². The minimum absolute atomic E-state index is 0.0208. The summed E-state index contributed by atoms with van der Waals surface area (Å²) in [6, 6.07) is 1.73. The monoisotopic (exact) mass is 249 g/mol. The molecule has 1 aromatic heterocycles. The molecule has 3 N–H and O–H groups in total. The molecule has 0 aromatic carbocycles. The van der Waals surface area contributed by atoms with E-state index in [9.17, 15) is 0 Å². The van der Waals surface area contributed by atoms with E-state index in [1.165, 1.54) is 0 Å². The molecular weight excluding hydrogens is 230 g/mol. The van der Waals surface area contributed by atoms with E-state index in [0.717, 1.165) is 19.5 Å². The number of hydrogen-bond donors (Lipinski definition) is 2. The third kappa shape index (κ3) is 2.43. The molecule has 2 unspecified atom stereocenters. The molecular formula is C12H19N5O. The molecule has 2 atom stereocenters. The number of nitrogens with zero attached hydrogens (tertiary/aromatic N) is 3. The number of nitrogen functional groups attached to an aromatic ring is 1. The molecule has 1 fully saturated rings. The van der Waals surface area contributed by atoms with Gasteiger partial charge in [0.1, 0.15) is 5.84 Å². The number of rotatable bonds is 3. The first kappa shape index (κ1) is 12.8. The maximum absolute atomic E-state index is 7.58. The molecule has 0 saturated carbocycles. The summed E-state index contributed by atoms with van der Waals surface area (Å²) >= 11 is 0. The summed E-state index contributed by atoms with van der Waals surface area (Å²) in [7, 11) is 1.73. The average Bonchev–Trinajstić information content (AvgIpc) is 2.39. The summed E-state index contributed by atoms with van der Waals surface area (Å²) in [6.45, 7) is 3.84. The van der Waals surface area contributed by atoms with Gasteiger partial charge < -0.3 is 15.4 Å². The number of methoxy groups -OCH3 is 1. The lowest BCUT2D eigenvalue weighted by Crippen LogP contribution is -2.45. The third-order valence-corrected chi connectivity index (χ3v) is 3.48. The first-order valence-corrected chi connectivity index (χ1v) is 6.07. The molecule has 6 nitrogen and oxygen atoms in total. The Kier molecular flexibility index (Phi) is 3.76. The van der Waals surface area contributed by atoms with Gasteiger partial charge >= 0.3 is 0 Å². The van der Waals surface area contributed by atoms with Crippen LogP contribution in [0.3, 0.4) is 0 Å². The van der Waals surface area contributed by atoms with Crippen LogP contribution in [0.15, 0.2) is 12.3 Å². The Morgan fingerprint density at radius 2 is 2.39 bits per heavy atom. The summed E-state index contributed by atoms with van der Waals surface area (Å²) < 4.78 is 5.48. The maximum Gasteiger partial charge on any atom is 0.162 e. The van der Waals surface area contributed by atoms with Crippen LogP contribution in [0.2, 0.25) is 0 Å². The Morgan fingerprint density at radius 1 is 1.61 bits per heavy atom. The quantitative estimate of drug-likeness (QED) is 0.605. The molecule has 2 rings (SSSR count). The van der Waals surface area contributed by atoms with E-state index in [1.54, 1.807) is 19.4 Å². The van der Waals surface area contributed by atoms with Crippen LogP contribution >= 0.6 is 0 Å². The Balaban J connectivity index is 2.24. The summed E-state index contributed by atoms with van der Waals surface area (Å²) in [5, 5.41) is 15.6. The van der Waals surface area contributed by atoms with E-state index in [4.69, 9.17) is 15.9 Å². The molecule has 1 aliphatic heterocycles. The molecule has 98 valence electrons. The normalized spacial score (nSPS) is 24.0. The van der Waals surface area contributed by atoms with Crippen LogP contribution in [-0.2, 0) is 4.74 Å². The van der Waals surface area contributed by atoms with Crippen molar-refractivity contribution in [2.45, 2.75) is 19.4 Å². The summed E-state index contributed by atoms with van der Waals surface area (Å²) in [6.07, 6.45) is 2.77. The van der Waals surface area contributed by atoms with Crippen molar-refractivity contribution in [3.05, 3.63) is 17.8 Å². The zero-order valence-corrected chi connectivity index (χ0v) is 10.8. The van der Waals surface area contributed by atoms with Gasteiger partial charge in [0.25, 0.3) is 0 Å². The number of nitrogens with two attached hydrogens (primary N) is 1. The number of amidine groups is 1. The van der Waals surface area contributed by atoms with Crippen LogP contribution in [-0.4, -0.2) is 42.3 Å². The van der Waals surface area contributed by atoms with E-state index in [2.05, 4.69) is 22.0 Å². The summed E-state index contributed by atoms with van der Waals surface area (Å²) in [4.78, 5) is 2.10. The summed E-state index contributed by atoms with van der Waals surface area (Å²) in [5.74, 6) is 1.23. The van der Waals surface area contributed by atoms with Crippen LogP contribution in [0.5, 0.6) is 0 Å². The third-order valence-electron chi connectivity index (χ3n) is 3.48. The van der Waals surface area contributed by atoms with Crippen molar-refractivity contribution < 1.29 is 4.74 Å². The molecule has 0 radical (unpaired) electrons. The van der Waals surface area contributed by atoms with Crippen LogP contribution in [0, 0.1) is 11.3 Å². The van der Waals surface area contributed by atoms with Gasteiger partial charge in [-0.1, -0.05) is 6.92 Å². The standard InChI is InChI=1S/C12H19N5O/c1-8-4-6-17(7-10(8)18-2)12-9(11(13)14)3-5-15-16-12/h3,5,8,10H,4,6-7H2,1-2H3,(H3,13,14). The smallest absolute Gasteiger partial charge is 0.162 e. The second kappa shape index (κ2) is 5.30. The minimum Gasteiger partial charge on any atom is -0.384 e. The van der Waals surface area contributed by atoms with Crippen molar-refractivity contribution in [2.24, 2.45) is 11.7 Å². The molecule has 1 aromatic rings. The zero-order chi connectivity index (χ0) is 13.1. The molecule has 0 bridgehead atoms.